The lowest BCUT2D eigenvalue weighted by molar-refractivity contribution is -0.757. The lowest BCUT2D eigenvalue weighted by Gasteiger charge is -2.34. The Hall–Kier alpha value is -3.19. The Labute approximate surface area is 221 Å². The van der Waals surface area contributed by atoms with Gasteiger partial charge in [0.25, 0.3) is 5.09 Å². The number of benzene rings is 2. The van der Waals surface area contributed by atoms with Crippen molar-refractivity contribution >= 4 is 52.4 Å². The number of nitrogens with zero attached hydrogens (tertiary/aromatic N) is 5. The first kappa shape index (κ1) is 28.4. The first-order valence-corrected chi connectivity index (χ1v) is 14.8. The van der Waals surface area contributed by atoms with Gasteiger partial charge in [-0.05, 0) is 48.4 Å². The lowest BCUT2D eigenvalue weighted by atomic mass is 10.2. The highest BCUT2D eigenvalue weighted by atomic mass is 32.9. The van der Waals surface area contributed by atoms with Crippen LogP contribution in [0.1, 0.15) is 23.2 Å². The largest absolute Gasteiger partial charge is 0.426 e. The summed E-state index contributed by atoms with van der Waals surface area (Å²) in [5.74, 6) is -1.55. The van der Waals surface area contributed by atoms with Gasteiger partial charge >= 0.3 is 11.9 Å². The van der Waals surface area contributed by atoms with Crippen molar-refractivity contribution in [1.82, 2.24) is 4.67 Å². The zero-order chi connectivity index (χ0) is 26.8. The fourth-order valence-electron chi connectivity index (χ4n) is 3.27. The van der Waals surface area contributed by atoms with Crippen LogP contribution in [0.5, 0.6) is 11.5 Å². The van der Waals surface area contributed by atoms with Gasteiger partial charge in [-0.25, -0.2) is 4.79 Å². The fourth-order valence-corrected chi connectivity index (χ4v) is 6.63. The Morgan fingerprint density at radius 2 is 1.92 bits per heavy atom. The van der Waals surface area contributed by atoms with E-state index in [-0.39, 0.29) is 42.2 Å². The molecule has 2 aromatic rings. The molecule has 0 aromatic heterocycles. The summed E-state index contributed by atoms with van der Waals surface area (Å²) in [7, 11) is 0. The maximum Gasteiger partial charge on any atom is 0.347 e. The molecule has 2 aromatic carbocycles. The van der Waals surface area contributed by atoms with Crippen molar-refractivity contribution in [3.63, 3.8) is 0 Å². The summed E-state index contributed by atoms with van der Waals surface area (Å²) in [4.78, 5) is 42.1. The van der Waals surface area contributed by atoms with Crippen LogP contribution in [0.25, 0.3) is 10.4 Å². The number of esters is 2. The predicted octanol–water partition coefficient (Wildman–Crippen LogP) is 3.94. The molecular weight excluding hydrogens is 545 g/mol. The van der Waals surface area contributed by atoms with E-state index in [1.54, 1.807) is 24.3 Å². The van der Waals surface area contributed by atoms with Crippen molar-refractivity contribution in [2.75, 3.05) is 32.9 Å². The lowest BCUT2D eigenvalue weighted by Crippen LogP contribution is -2.35. The van der Waals surface area contributed by atoms with E-state index in [9.17, 15) is 19.7 Å². The van der Waals surface area contributed by atoms with Crippen molar-refractivity contribution in [2.45, 2.75) is 12.8 Å². The van der Waals surface area contributed by atoms with Crippen molar-refractivity contribution < 1.29 is 33.7 Å². The summed E-state index contributed by atoms with van der Waals surface area (Å²) in [6.07, 6.45) is -0.196. The quantitative estimate of drug-likeness (QED) is 0.0401. The van der Waals surface area contributed by atoms with Gasteiger partial charge in [0.2, 0.25) is 0 Å². The van der Waals surface area contributed by atoms with Gasteiger partial charge in [-0.3, -0.25) is 9.46 Å². The van der Waals surface area contributed by atoms with Gasteiger partial charge in [-0.1, -0.05) is 23.0 Å². The molecule has 13 nitrogen and oxygen atoms in total. The van der Waals surface area contributed by atoms with Crippen LogP contribution in [0.2, 0.25) is 0 Å². The second-order valence-corrected chi connectivity index (χ2v) is 13.8. The third-order valence-corrected chi connectivity index (χ3v) is 9.96. The van der Waals surface area contributed by atoms with E-state index < -0.39 is 22.4 Å². The van der Waals surface area contributed by atoms with E-state index >= 15 is 0 Å². The van der Waals surface area contributed by atoms with E-state index in [0.717, 1.165) is 5.30 Å². The third kappa shape index (κ3) is 8.15. The topological polar surface area (TPSA) is 166 Å². The summed E-state index contributed by atoms with van der Waals surface area (Å²) >= 11 is 10.6. The van der Waals surface area contributed by atoms with Crippen LogP contribution in [0.4, 0.5) is 5.69 Å². The molecule has 1 atom stereocenters. The molecule has 1 saturated heterocycles. The van der Waals surface area contributed by atoms with Gasteiger partial charge in [-0.2, -0.15) is 0 Å². The van der Waals surface area contributed by atoms with Crippen LogP contribution in [-0.2, 0) is 26.2 Å². The number of hydrogen-bond donors (Lipinski definition) is 1. The van der Waals surface area contributed by atoms with Crippen molar-refractivity contribution in [3.8, 4) is 11.5 Å². The highest BCUT2D eigenvalue weighted by Crippen LogP contribution is 2.53. The van der Waals surface area contributed by atoms with E-state index in [2.05, 4.69) is 19.5 Å². The molecule has 1 unspecified atom stereocenters. The van der Waals surface area contributed by atoms with Crippen LogP contribution in [-0.4, -0.2) is 54.6 Å². The second-order valence-electron chi connectivity index (χ2n) is 7.50. The number of rotatable bonds is 11. The van der Waals surface area contributed by atoms with E-state index in [4.69, 9.17) is 43.8 Å². The molecule has 0 spiro atoms. The number of thiol groups is 1. The summed E-state index contributed by atoms with van der Waals surface area (Å²) in [6, 6.07) is 10.6. The summed E-state index contributed by atoms with van der Waals surface area (Å²) in [5, 5.41) is 11.2. The minimum atomic E-state index is -2.29. The molecule has 0 N–H and O–H groups in total. The molecule has 1 fully saturated rings. The molecule has 0 saturated carbocycles. The number of carbonyl (C=O) groups excluding carboxylic acids is 2. The number of morpholine rings is 1. The Balaban J connectivity index is 1.72. The van der Waals surface area contributed by atoms with Crippen molar-refractivity contribution in [1.29, 1.82) is 0 Å². The first-order valence-electron chi connectivity index (χ1n) is 10.9. The monoisotopic (exact) mass is 567 g/mol. The Morgan fingerprint density at radius 3 is 2.57 bits per heavy atom. The van der Waals surface area contributed by atoms with Gasteiger partial charge in [0, 0.05) is 35.4 Å². The van der Waals surface area contributed by atoms with E-state index in [0.29, 0.717) is 26.3 Å². The predicted molar refractivity (Wildman–Crippen MR) is 140 cm³/mol. The molecule has 0 aliphatic carbocycles. The van der Waals surface area contributed by atoms with Gasteiger partial charge in [0.05, 0.1) is 25.2 Å². The molecular formula is C21H22N5O8PS2. The minimum Gasteiger partial charge on any atom is -0.426 e. The van der Waals surface area contributed by atoms with E-state index in [1.807, 2.05) is 0 Å². The van der Waals surface area contributed by atoms with Crippen LogP contribution < -0.4 is 14.8 Å². The van der Waals surface area contributed by atoms with Gasteiger partial charge in [-0.15, -0.1) is 22.4 Å². The number of carbonyl (C=O) groups is 2. The number of hydrogen-bond acceptors (Lipinski definition) is 10. The fraction of sp³-hybridized carbons (Fsp3) is 0.333. The Bertz CT molecular complexity index is 1250. The number of ether oxygens (including phenoxy) is 3. The SMILES string of the molecule is [N-]=[N+]=Nc1ccc(C(=O)Oc2ccc(P(=S)(S)N3CCOCC3)cc2)c(OC(=O)CCCO[N+](=O)[O-])c1. The maximum atomic E-state index is 12.9. The highest BCUT2D eigenvalue weighted by molar-refractivity contribution is 8.65. The van der Waals surface area contributed by atoms with Gasteiger partial charge in [0.15, 0.2) is 0 Å². The molecule has 16 heteroatoms. The smallest absolute Gasteiger partial charge is 0.347 e. The Kier molecular flexibility index (Phi) is 10.3. The van der Waals surface area contributed by atoms with E-state index in [1.165, 1.54) is 18.2 Å². The third-order valence-electron chi connectivity index (χ3n) is 5.05. The minimum absolute atomic E-state index is 0.0184. The molecule has 1 aliphatic rings. The molecule has 196 valence electrons. The van der Waals surface area contributed by atoms with Gasteiger partial charge < -0.3 is 19.0 Å². The summed E-state index contributed by atoms with van der Waals surface area (Å²) < 4.78 is 18.2. The zero-order valence-corrected chi connectivity index (χ0v) is 21.9. The van der Waals surface area contributed by atoms with Gasteiger partial charge in [0.1, 0.15) is 17.1 Å². The van der Waals surface area contributed by atoms with Crippen molar-refractivity contribution in [3.05, 3.63) is 68.6 Å². The van der Waals surface area contributed by atoms with Crippen LogP contribution in [0, 0.1) is 10.1 Å². The normalized spacial score (nSPS) is 15.1. The standard InChI is InChI=1S/C21H22N5O8PS2/c22-24-23-15-3-8-18(19(14-15)34-20(27)2-1-11-32-26(29)30)21(28)33-16-4-6-17(7-5-16)35(36,37)25-9-12-31-13-10-25/h3-8,14H,1-2,9-13H2,(H,36,37). The molecule has 37 heavy (non-hydrogen) atoms. The molecule has 0 bridgehead atoms. The van der Waals surface area contributed by atoms with Crippen LogP contribution in [0.15, 0.2) is 47.6 Å². The number of azide groups is 1. The molecule has 0 amide bonds. The Morgan fingerprint density at radius 1 is 1.22 bits per heavy atom. The highest BCUT2D eigenvalue weighted by Gasteiger charge is 2.26. The zero-order valence-electron chi connectivity index (χ0n) is 19.3. The van der Waals surface area contributed by atoms with Crippen molar-refractivity contribution in [2.24, 2.45) is 5.11 Å². The molecule has 3 rings (SSSR count). The molecule has 1 aliphatic heterocycles. The molecule has 0 radical (unpaired) electrons. The summed E-state index contributed by atoms with van der Waals surface area (Å²) in [6.45, 7) is 2.26. The first-order chi connectivity index (χ1) is 17.7. The summed E-state index contributed by atoms with van der Waals surface area (Å²) in [5.41, 5.74) is 8.70. The van der Waals surface area contributed by atoms with Crippen LogP contribution >= 0.6 is 17.6 Å². The maximum absolute atomic E-state index is 12.9. The molecule has 1 heterocycles. The van der Waals surface area contributed by atoms with Crippen LogP contribution in [0.3, 0.4) is 0 Å². The average molecular weight is 568 g/mol. The average Bonchev–Trinajstić information content (AvgIpc) is 2.88. The second kappa shape index (κ2) is 13.4.